The molecule has 0 aliphatic rings. The summed E-state index contributed by atoms with van der Waals surface area (Å²) in [5.41, 5.74) is 3.04. The number of fused-ring (bicyclic) bond motifs is 1. The Morgan fingerprint density at radius 2 is 1.76 bits per heavy atom. The maximum Gasteiger partial charge on any atom is 0.246 e. The number of rotatable bonds is 4. The monoisotopic (exact) mass is 277 g/mol. The van der Waals surface area contributed by atoms with Crippen LogP contribution in [0.4, 0.5) is 0 Å². The molecule has 0 bridgehead atoms. The summed E-state index contributed by atoms with van der Waals surface area (Å²) in [7, 11) is 0. The zero-order valence-corrected chi connectivity index (χ0v) is 11.8. The summed E-state index contributed by atoms with van der Waals surface area (Å²) >= 11 is 0. The number of para-hydroxylation sites is 1. The highest BCUT2D eigenvalue weighted by molar-refractivity contribution is 5.86. The first-order valence-corrected chi connectivity index (χ1v) is 6.94. The predicted octanol–water partition coefficient (Wildman–Crippen LogP) is 4.45. The van der Waals surface area contributed by atoms with Gasteiger partial charge in [0.05, 0.1) is 5.39 Å². The standard InChI is InChI=1S/C18H15NO2/c1-2-13-7-9-14(10-8-13)12-20-18-15-5-3-4-6-16(15)21-17(18)11-19/h3-10H,2,12H2,1H3. The fraction of sp³-hybridized carbons (Fsp3) is 0.167. The zero-order chi connectivity index (χ0) is 14.7. The molecule has 0 atom stereocenters. The molecule has 0 amide bonds. The molecule has 0 N–H and O–H groups in total. The molecule has 0 saturated carbocycles. The number of hydrogen-bond acceptors (Lipinski definition) is 3. The number of hydrogen-bond donors (Lipinski definition) is 0. The third-order valence-electron chi connectivity index (χ3n) is 3.47. The summed E-state index contributed by atoms with van der Waals surface area (Å²) in [4.78, 5) is 0. The minimum absolute atomic E-state index is 0.223. The van der Waals surface area contributed by atoms with E-state index >= 15 is 0 Å². The quantitative estimate of drug-likeness (QED) is 0.708. The third kappa shape index (κ3) is 2.61. The molecule has 3 nitrogen and oxygen atoms in total. The van der Waals surface area contributed by atoms with Gasteiger partial charge in [-0.1, -0.05) is 43.3 Å². The Kier molecular flexibility index (Phi) is 3.61. The average Bonchev–Trinajstić information content (AvgIpc) is 2.91. The summed E-state index contributed by atoms with van der Waals surface area (Å²) in [6.07, 6.45) is 1.02. The third-order valence-corrected chi connectivity index (χ3v) is 3.47. The van der Waals surface area contributed by atoms with Crippen molar-refractivity contribution in [3.63, 3.8) is 0 Å². The van der Waals surface area contributed by atoms with E-state index in [1.54, 1.807) is 0 Å². The SMILES string of the molecule is CCc1ccc(COc2c(C#N)oc3ccccc23)cc1. The lowest BCUT2D eigenvalue weighted by Gasteiger charge is -2.05. The van der Waals surface area contributed by atoms with Crippen LogP contribution in [-0.2, 0) is 13.0 Å². The lowest BCUT2D eigenvalue weighted by atomic mass is 10.1. The van der Waals surface area contributed by atoms with Crippen molar-refractivity contribution in [3.8, 4) is 11.8 Å². The molecule has 1 aromatic heterocycles. The van der Waals surface area contributed by atoms with Gasteiger partial charge >= 0.3 is 0 Å². The van der Waals surface area contributed by atoms with Crippen molar-refractivity contribution < 1.29 is 9.15 Å². The smallest absolute Gasteiger partial charge is 0.246 e. The number of nitrogens with zero attached hydrogens (tertiary/aromatic N) is 1. The van der Waals surface area contributed by atoms with Crippen LogP contribution < -0.4 is 4.74 Å². The lowest BCUT2D eigenvalue weighted by Crippen LogP contribution is -1.96. The highest BCUT2D eigenvalue weighted by Gasteiger charge is 2.14. The fourth-order valence-electron chi connectivity index (χ4n) is 2.27. The van der Waals surface area contributed by atoms with Crippen molar-refractivity contribution >= 4 is 11.0 Å². The maximum absolute atomic E-state index is 9.16. The van der Waals surface area contributed by atoms with Crippen LogP contribution in [0.3, 0.4) is 0 Å². The first kappa shape index (κ1) is 13.3. The van der Waals surface area contributed by atoms with Crippen LogP contribution in [-0.4, -0.2) is 0 Å². The number of benzene rings is 2. The van der Waals surface area contributed by atoms with Crippen LogP contribution in [0.2, 0.25) is 0 Å². The Morgan fingerprint density at radius 3 is 2.48 bits per heavy atom. The maximum atomic E-state index is 9.16. The largest absolute Gasteiger partial charge is 0.483 e. The fourth-order valence-corrected chi connectivity index (χ4v) is 2.27. The van der Waals surface area contributed by atoms with Crippen LogP contribution in [0.5, 0.6) is 5.75 Å². The van der Waals surface area contributed by atoms with E-state index in [1.165, 1.54) is 5.56 Å². The molecular weight excluding hydrogens is 262 g/mol. The molecule has 0 aliphatic carbocycles. The Bertz CT molecular complexity index is 794. The molecule has 0 saturated heterocycles. The topological polar surface area (TPSA) is 46.2 Å². The molecule has 3 rings (SSSR count). The van der Waals surface area contributed by atoms with Gasteiger partial charge in [-0.15, -0.1) is 0 Å². The van der Waals surface area contributed by atoms with E-state index < -0.39 is 0 Å². The first-order valence-electron chi connectivity index (χ1n) is 6.94. The highest BCUT2D eigenvalue weighted by atomic mass is 16.5. The number of ether oxygens (including phenoxy) is 1. The lowest BCUT2D eigenvalue weighted by molar-refractivity contribution is 0.303. The predicted molar refractivity (Wildman–Crippen MR) is 81.1 cm³/mol. The molecule has 104 valence electrons. The van der Waals surface area contributed by atoms with Gasteiger partial charge in [0.25, 0.3) is 0 Å². The molecule has 0 spiro atoms. The Labute approximate surface area is 123 Å². The molecule has 1 heterocycles. The van der Waals surface area contributed by atoms with Gasteiger partial charge in [-0.05, 0) is 29.7 Å². The molecule has 3 aromatic rings. The summed E-state index contributed by atoms with van der Waals surface area (Å²) in [5.74, 6) is 0.744. The van der Waals surface area contributed by atoms with Gasteiger partial charge < -0.3 is 9.15 Å². The van der Waals surface area contributed by atoms with Crippen molar-refractivity contribution in [2.24, 2.45) is 0 Å². The van der Waals surface area contributed by atoms with Gasteiger partial charge in [0.1, 0.15) is 18.3 Å². The van der Waals surface area contributed by atoms with Crippen molar-refractivity contribution in [2.45, 2.75) is 20.0 Å². The minimum atomic E-state index is 0.223. The second-order valence-electron chi connectivity index (χ2n) is 4.83. The Balaban J connectivity index is 1.85. The van der Waals surface area contributed by atoms with Gasteiger partial charge in [0.2, 0.25) is 5.76 Å². The summed E-state index contributed by atoms with van der Waals surface area (Å²) in [6, 6.07) is 17.8. The number of aryl methyl sites for hydroxylation is 1. The van der Waals surface area contributed by atoms with Gasteiger partial charge in [-0.25, -0.2) is 0 Å². The van der Waals surface area contributed by atoms with E-state index in [4.69, 9.17) is 14.4 Å². The van der Waals surface area contributed by atoms with Gasteiger partial charge in [0.15, 0.2) is 5.75 Å². The molecule has 0 radical (unpaired) electrons. The summed E-state index contributed by atoms with van der Waals surface area (Å²) in [6.45, 7) is 2.55. The van der Waals surface area contributed by atoms with Gasteiger partial charge in [0, 0.05) is 0 Å². The Hall–Kier alpha value is -2.73. The van der Waals surface area contributed by atoms with E-state index in [2.05, 4.69) is 19.1 Å². The molecule has 0 aliphatic heterocycles. The van der Waals surface area contributed by atoms with Crippen molar-refractivity contribution in [3.05, 3.63) is 65.4 Å². The second kappa shape index (κ2) is 5.72. The molecular formula is C18H15NO2. The molecule has 2 aromatic carbocycles. The van der Waals surface area contributed by atoms with Crippen molar-refractivity contribution in [1.82, 2.24) is 0 Å². The first-order chi connectivity index (χ1) is 10.3. The van der Waals surface area contributed by atoms with E-state index in [-0.39, 0.29) is 5.76 Å². The van der Waals surface area contributed by atoms with Gasteiger partial charge in [-0.3, -0.25) is 0 Å². The van der Waals surface area contributed by atoms with Crippen molar-refractivity contribution in [2.75, 3.05) is 0 Å². The Morgan fingerprint density at radius 1 is 1.05 bits per heavy atom. The second-order valence-corrected chi connectivity index (χ2v) is 4.83. The van der Waals surface area contributed by atoms with E-state index in [0.717, 1.165) is 17.4 Å². The van der Waals surface area contributed by atoms with E-state index in [1.807, 2.05) is 42.5 Å². The number of nitriles is 1. The van der Waals surface area contributed by atoms with Crippen molar-refractivity contribution in [1.29, 1.82) is 5.26 Å². The summed E-state index contributed by atoms with van der Waals surface area (Å²) < 4.78 is 11.3. The molecule has 3 heteroatoms. The number of furan rings is 1. The normalized spacial score (nSPS) is 10.5. The minimum Gasteiger partial charge on any atom is -0.483 e. The van der Waals surface area contributed by atoms with Crippen LogP contribution in [0.1, 0.15) is 23.8 Å². The van der Waals surface area contributed by atoms with Crippen LogP contribution in [0.25, 0.3) is 11.0 Å². The van der Waals surface area contributed by atoms with E-state index in [0.29, 0.717) is 17.9 Å². The van der Waals surface area contributed by atoms with Crippen LogP contribution in [0.15, 0.2) is 52.9 Å². The van der Waals surface area contributed by atoms with E-state index in [9.17, 15) is 0 Å². The zero-order valence-electron chi connectivity index (χ0n) is 11.8. The van der Waals surface area contributed by atoms with Gasteiger partial charge in [-0.2, -0.15) is 5.26 Å². The summed E-state index contributed by atoms with van der Waals surface area (Å²) in [5, 5.41) is 9.99. The van der Waals surface area contributed by atoms with Crippen LogP contribution in [0, 0.1) is 11.3 Å². The average molecular weight is 277 g/mol. The molecule has 0 fully saturated rings. The van der Waals surface area contributed by atoms with Crippen LogP contribution >= 0.6 is 0 Å². The molecule has 21 heavy (non-hydrogen) atoms. The highest BCUT2D eigenvalue weighted by Crippen LogP contribution is 2.33. The molecule has 0 unspecified atom stereocenters.